The van der Waals surface area contributed by atoms with Gasteiger partial charge in [0.05, 0.1) is 21.3 Å². The Morgan fingerprint density at radius 2 is 2.23 bits per heavy atom. The van der Waals surface area contributed by atoms with Crippen molar-refractivity contribution in [2.45, 2.75) is 26.4 Å². The van der Waals surface area contributed by atoms with Crippen molar-refractivity contribution < 1.29 is 22.5 Å². The number of rotatable bonds is 0. The lowest BCUT2D eigenvalue weighted by Gasteiger charge is -2.29. The van der Waals surface area contributed by atoms with Gasteiger partial charge in [-0.05, 0) is 20.8 Å². The Bertz CT molecular complexity index is 379. The molecule has 0 aliphatic carbocycles. The predicted octanol–water partition coefficient (Wildman–Crippen LogP) is 1.25. The smallest absolute Gasteiger partial charge is 0.410 e. The summed E-state index contributed by atoms with van der Waals surface area (Å²) in [7, 11) is 0. The normalized spacial score (nSPS) is 37.0. The van der Waals surface area contributed by atoms with Crippen molar-refractivity contribution in [2.24, 2.45) is 0 Å². The first-order chi connectivity index (χ1) is 8.18. The van der Waals surface area contributed by atoms with Crippen LogP contribution in [0.1, 0.15) is 29.0 Å². The Hall–Kier alpha value is -0.770. The van der Waals surface area contributed by atoms with E-state index in [9.17, 15) is 4.79 Å². The summed E-state index contributed by atoms with van der Waals surface area (Å²) < 4.78 is 54.3. The molecule has 1 fully saturated rings. The first-order valence-corrected chi connectivity index (χ1v) is 3.89. The van der Waals surface area contributed by atoms with Crippen LogP contribution in [-0.2, 0) is 9.47 Å². The van der Waals surface area contributed by atoms with E-state index in [1.807, 2.05) is 0 Å². The van der Waals surface area contributed by atoms with E-state index in [2.05, 4.69) is 4.74 Å². The molecule has 4 nitrogen and oxygen atoms in total. The van der Waals surface area contributed by atoms with Gasteiger partial charge in [0, 0.05) is 13.0 Å². The van der Waals surface area contributed by atoms with Gasteiger partial charge in [-0.15, -0.1) is 0 Å². The van der Waals surface area contributed by atoms with Gasteiger partial charge in [-0.25, -0.2) is 4.79 Å². The summed E-state index contributed by atoms with van der Waals surface area (Å²) in [5.74, 6) is 0. The zero-order chi connectivity index (χ0) is 15.3. The van der Waals surface area contributed by atoms with Crippen LogP contribution in [0, 0.1) is 0 Å². The number of amides is 1. The van der Waals surface area contributed by atoms with E-state index in [1.165, 1.54) is 0 Å². The molecular formula is C9H17NO3. The topological polar surface area (TPSA) is 38.8 Å². The highest BCUT2D eigenvalue weighted by molar-refractivity contribution is 5.68. The Morgan fingerprint density at radius 1 is 1.54 bits per heavy atom. The van der Waals surface area contributed by atoms with E-state index >= 15 is 0 Å². The van der Waals surface area contributed by atoms with E-state index in [4.69, 9.17) is 13.0 Å². The lowest BCUT2D eigenvalue weighted by molar-refractivity contribution is -0.00676. The predicted molar refractivity (Wildman–Crippen MR) is 48.6 cm³/mol. The van der Waals surface area contributed by atoms with Gasteiger partial charge in [0.25, 0.3) is 0 Å². The van der Waals surface area contributed by atoms with Gasteiger partial charge in [-0.1, -0.05) is 0 Å². The van der Waals surface area contributed by atoms with E-state index in [1.54, 1.807) is 20.8 Å². The summed E-state index contributed by atoms with van der Waals surface area (Å²) in [4.78, 5) is 12.3. The van der Waals surface area contributed by atoms with E-state index in [0.29, 0.717) is 4.90 Å². The largest absolute Gasteiger partial charge is 0.444 e. The highest BCUT2D eigenvalue weighted by atomic mass is 16.6. The summed E-state index contributed by atoms with van der Waals surface area (Å²) in [5, 5.41) is 0. The zero-order valence-electron chi connectivity index (χ0n) is 13.9. The first-order valence-electron chi connectivity index (χ1n) is 6.89. The first kappa shape index (κ1) is 4.64. The number of carbonyl (C=O) groups excluding carboxylic acids is 1. The van der Waals surface area contributed by atoms with E-state index in [-0.39, 0.29) is 0 Å². The van der Waals surface area contributed by atoms with E-state index in [0.717, 1.165) is 0 Å². The van der Waals surface area contributed by atoms with Gasteiger partial charge in [0.1, 0.15) is 5.60 Å². The SMILES string of the molecule is [2H]C1([2H])CN(C(=O)OC(C)(C)C)C([2H])([2H])C([2H])([2H])O1. The number of hydrogen-bond acceptors (Lipinski definition) is 3. The van der Waals surface area contributed by atoms with Crippen LogP contribution in [0.4, 0.5) is 4.79 Å². The monoisotopic (exact) mass is 193 g/mol. The molecule has 1 rings (SSSR count). The van der Waals surface area contributed by atoms with Crippen LogP contribution in [0.5, 0.6) is 0 Å². The zero-order valence-corrected chi connectivity index (χ0v) is 7.88. The lowest BCUT2D eigenvalue weighted by atomic mass is 10.2. The molecule has 0 saturated carbocycles. The summed E-state index contributed by atoms with van der Waals surface area (Å²) in [6, 6.07) is 0. The Morgan fingerprint density at radius 3 is 2.85 bits per heavy atom. The summed E-state index contributed by atoms with van der Waals surface area (Å²) >= 11 is 0. The van der Waals surface area contributed by atoms with Gasteiger partial charge in [-0.2, -0.15) is 0 Å². The Balaban J connectivity index is 3.06. The molecule has 0 radical (unpaired) electrons. The second-order valence-electron chi connectivity index (χ2n) is 3.53. The number of carbonyl (C=O) groups is 1. The molecule has 76 valence electrons. The second kappa shape index (κ2) is 3.96. The number of morpholine rings is 1. The van der Waals surface area contributed by atoms with E-state index < -0.39 is 37.9 Å². The van der Waals surface area contributed by atoms with Gasteiger partial charge >= 0.3 is 6.09 Å². The van der Waals surface area contributed by atoms with Crippen molar-refractivity contribution in [1.82, 2.24) is 4.90 Å². The second-order valence-corrected chi connectivity index (χ2v) is 3.53. The molecule has 1 heterocycles. The van der Waals surface area contributed by atoms with Crippen molar-refractivity contribution in [3.63, 3.8) is 0 Å². The number of ether oxygens (including phenoxy) is 2. The molecular weight excluding hydrogens is 170 g/mol. The minimum absolute atomic E-state index is 0.377. The van der Waals surface area contributed by atoms with Crippen LogP contribution in [0.3, 0.4) is 0 Å². The fourth-order valence-electron chi connectivity index (χ4n) is 0.678. The maximum Gasteiger partial charge on any atom is 0.410 e. The molecule has 1 saturated heterocycles. The molecule has 0 bridgehead atoms. The third-order valence-corrected chi connectivity index (χ3v) is 1.14. The molecule has 0 atom stereocenters. The van der Waals surface area contributed by atoms with Gasteiger partial charge < -0.3 is 14.4 Å². The summed E-state index contributed by atoms with van der Waals surface area (Å²) in [6.45, 7) is -4.34. The van der Waals surface area contributed by atoms with Crippen LogP contribution in [0.2, 0.25) is 0 Å². The van der Waals surface area contributed by atoms with Crippen LogP contribution < -0.4 is 0 Å². The molecule has 0 aromatic rings. The standard InChI is InChI=1S/C9H17NO3/c1-9(2,3)13-8(11)10-4-6-12-7-5-10/h4-7H2,1-3H3/i4D2,6D2,7D2. The quantitative estimate of drug-likeness (QED) is 0.581. The maximum absolute atomic E-state index is 11.9. The van der Waals surface area contributed by atoms with Gasteiger partial charge in [-0.3, -0.25) is 0 Å². The number of nitrogens with zero attached hydrogens (tertiary/aromatic N) is 1. The van der Waals surface area contributed by atoms with Crippen molar-refractivity contribution in [2.75, 3.05) is 26.2 Å². The Kier molecular flexibility index (Phi) is 1.41. The highest BCUT2D eigenvalue weighted by Crippen LogP contribution is 2.10. The lowest BCUT2D eigenvalue weighted by Crippen LogP contribution is -2.43. The molecule has 1 aliphatic heterocycles. The molecule has 0 aromatic heterocycles. The molecule has 0 N–H and O–H groups in total. The van der Waals surface area contributed by atoms with Crippen molar-refractivity contribution in [3.05, 3.63) is 0 Å². The summed E-state index contributed by atoms with van der Waals surface area (Å²) in [5.41, 5.74) is -0.898. The van der Waals surface area contributed by atoms with Gasteiger partial charge in [0.2, 0.25) is 0 Å². The average molecular weight is 193 g/mol. The molecule has 0 unspecified atom stereocenters. The highest BCUT2D eigenvalue weighted by Gasteiger charge is 2.23. The molecule has 4 heteroatoms. The minimum Gasteiger partial charge on any atom is -0.444 e. The molecule has 0 spiro atoms. The van der Waals surface area contributed by atoms with Crippen LogP contribution in [0.15, 0.2) is 0 Å². The Labute approximate surface area is 87.2 Å². The van der Waals surface area contributed by atoms with Crippen LogP contribution >= 0.6 is 0 Å². The van der Waals surface area contributed by atoms with Crippen LogP contribution in [0.25, 0.3) is 0 Å². The average Bonchev–Trinajstić information content (AvgIpc) is 2.07. The maximum atomic E-state index is 11.9. The molecule has 0 aromatic carbocycles. The number of hydrogen-bond donors (Lipinski definition) is 0. The van der Waals surface area contributed by atoms with Crippen molar-refractivity contribution in [1.29, 1.82) is 0 Å². The molecule has 1 aliphatic rings. The minimum atomic E-state index is -2.98. The third-order valence-electron chi connectivity index (χ3n) is 1.14. The molecule has 1 amide bonds. The van der Waals surface area contributed by atoms with Crippen molar-refractivity contribution >= 4 is 6.09 Å². The fraction of sp³-hybridized carbons (Fsp3) is 0.889. The van der Waals surface area contributed by atoms with Gasteiger partial charge in [0.15, 0.2) is 0 Å². The molecule has 13 heavy (non-hydrogen) atoms. The summed E-state index contributed by atoms with van der Waals surface area (Å²) in [6.07, 6.45) is -1.13. The van der Waals surface area contributed by atoms with Crippen LogP contribution in [-0.4, -0.2) is 42.8 Å². The fourth-order valence-corrected chi connectivity index (χ4v) is 0.678. The third kappa shape index (κ3) is 3.63. The van der Waals surface area contributed by atoms with Crippen molar-refractivity contribution in [3.8, 4) is 0 Å².